The summed E-state index contributed by atoms with van der Waals surface area (Å²) in [4.78, 5) is 51.0. The van der Waals surface area contributed by atoms with Gasteiger partial charge in [0.2, 0.25) is 5.91 Å². The van der Waals surface area contributed by atoms with Crippen molar-refractivity contribution in [2.75, 3.05) is 64.8 Å². The molecule has 17 heteroatoms. The van der Waals surface area contributed by atoms with Crippen molar-refractivity contribution in [1.29, 1.82) is 0 Å². The Balaban J connectivity index is 0.00000187. The Bertz CT molecular complexity index is 1760. The molecule has 3 aromatic rings. The van der Waals surface area contributed by atoms with E-state index < -0.39 is 24.2 Å². The predicted molar refractivity (Wildman–Crippen MR) is 204 cm³/mol. The van der Waals surface area contributed by atoms with E-state index in [9.17, 15) is 27.6 Å². The Kier molecular flexibility index (Phi) is 14.3. The highest BCUT2D eigenvalue weighted by Crippen LogP contribution is 2.39. The average Bonchev–Trinajstić information content (AvgIpc) is 3.76. The first-order valence-corrected chi connectivity index (χ1v) is 19.1. The highest BCUT2D eigenvalue weighted by atomic mass is 35.5. The lowest BCUT2D eigenvalue weighted by Crippen LogP contribution is -2.54. The number of benzene rings is 2. The summed E-state index contributed by atoms with van der Waals surface area (Å²) < 4.78 is 49.7. The van der Waals surface area contributed by atoms with Crippen LogP contribution in [0.2, 0.25) is 5.15 Å². The number of imidazole rings is 1. The van der Waals surface area contributed by atoms with E-state index in [1.807, 2.05) is 6.92 Å². The van der Waals surface area contributed by atoms with E-state index in [2.05, 4.69) is 49.2 Å². The van der Waals surface area contributed by atoms with Gasteiger partial charge in [0.25, 0.3) is 0 Å². The van der Waals surface area contributed by atoms with Crippen molar-refractivity contribution >= 4 is 35.3 Å². The zero-order valence-corrected chi connectivity index (χ0v) is 32.4. The van der Waals surface area contributed by atoms with E-state index >= 15 is 0 Å². The SMILES string of the molecule is CCC.COC(=O)NCC(=O)N1CC(C)CC1c1nc(-c2ccc(-c3ccc(NC(=O)N4CCN(C5CCNCC5)CC4)cc3OC(F)(F)F)cc2)c(Cl)[nH]1. The number of nitrogens with one attached hydrogen (secondary N) is 4. The van der Waals surface area contributed by atoms with Crippen molar-refractivity contribution < 1.29 is 37.0 Å². The molecular weight excluding hydrogens is 741 g/mol. The lowest BCUT2D eigenvalue weighted by molar-refractivity contribution is -0.274. The molecule has 13 nitrogen and oxygen atoms in total. The van der Waals surface area contributed by atoms with Crippen LogP contribution in [-0.4, -0.2) is 115 Å². The van der Waals surface area contributed by atoms with Gasteiger partial charge in [-0.15, -0.1) is 13.2 Å². The number of piperidine rings is 1. The quantitative estimate of drug-likeness (QED) is 0.194. The van der Waals surface area contributed by atoms with Crippen LogP contribution in [0.15, 0.2) is 42.5 Å². The number of aromatic nitrogens is 2. The van der Waals surface area contributed by atoms with Gasteiger partial charge in [-0.25, -0.2) is 14.6 Å². The molecule has 2 unspecified atom stereocenters. The second-order valence-corrected chi connectivity index (χ2v) is 14.4. The molecule has 0 bridgehead atoms. The Labute approximate surface area is 324 Å². The number of rotatable bonds is 8. The second kappa shape index (κ2) is 18.9. The van der Waals surface area contributed by atoms with Crippen molar-refractivity contribution in [3.8, 4) is 28.1 Å². The normalized spacial score (nSPS) is 19.3. The second-order valence-electron chi connectivity index (χ2n) is 14.0. The molecule has 4 N–H and O–H groups in total. The van der Waals surface area contributed by atoms with Crippen molar-refractivity contribution in [3.05, 3.63) is 53.4 Å². The Morgan fingerprint density at radius 1 is 1.00 bits per heavy atom. The number of alkyl carbamates (subject to hydrolysis) is 1. The minimum Gasteiger partial charge on any atom is -0.453 e. The van der Waals surface area contributed by atoms with Gasteiger partial charge < -0.3 is 40.2 Å². The van der Waals surface area contributed by atoms with Gasteiger partial charge in [0, 0.05) is 61.6 Å². The van der Waals surface area contributed by atoms with Crippen LogP contribution in [-0.2, 0) is 9.53 Å². The van der Waals surface area contributed by atoms with Crippen LogP contribution in [0.4, 0.5) is 28.4 Å². The maximum Gasteiger partial charge on any atom is 0.573 e. The number of carbonyl (C=O) groups is 3. The third kappa shape index (κ3) is 11.0. The smallest absolute Gasteiger partial charge is 0.453 e. The van der Waals surface area contributed by atoms with Crippen LogP contribution in [0.3, 0.4) is 0 Å². The van der Waals surface area contributed by atoms with E-state index in [0.29, 0.717) is 54.7 Å². The number of hydrogen-bond donors (Lipinski definition) is 4. The van der Waals surface area contributed by atoms with E-state index in [0.717, 1.165) is 39.0 Å². The predicted octanol–water partition coefficient (Wildman–Crippen LogP) is 6.88. The third-order valence-electron chi connectivity index (χ3n) is 9.75. The van der Waals surface area contributed by atoms with E-state index in [4.69, 9.17) is 16.6 Å². The molecular formula is C38H50ClF3N8O5. The molecule has 3 saturated heterocycles. The highest BCUT2D eigenvalue weighted by molar-refractivity contribution is 6.31. The van der Waals surface area contributed by atoms with Gasteiger partial charge >= 0.3 is 18.5 Å². The molecule has 6 rings (SSSR count). The third-order valence-corrected chi connectivity index (χ3v) is 10.0. The standard InChI is InChI=1S/C35H42ClF3N8O5.C3H8/c1-21-17-27(47(20-21)29(48)19-41-34(50)51-2)32-43-30(31(36)44-32)23-5-3-22(4-6-23)26-8-7-24(18-28(26)52-35(37,38)39)42-33(49)46-15-13-45(14-16-46)25-9-11-40-12-10-25;1-3-2/h3-8,18,21,25,27,40H,9-17,19-20H2,1-2H3,(H,41,50)(H,42,49)(H,43,44);3H2,1-2H3. The Morgan fingerprint density at radius 2 is 1.65 bits per heavy atom. The fourth-order valence-corrected chi connectivity index (χ4v) is 7.39. The molecule has 4 heterocycles. The van der Waals surface area contributed by atoms with Crippen molar-refractivity contribution in [3.63, 3.8) is 0 Å². The summed E-state index contributed by atoms with van der Waals surface area (Å²) in [5.41, 5.74) is 1.78. The molecule has 3 aliphatic rings. The van der Waals surface area contributed by atoms with E-state index in [1.54, 1.807) is 40.1 Å². The van der Waals surface area contributed by atoms with E-state index in [-0.39, 0.29) is 40.8 Å². The lowest BCUT2D eigenvalue weighted by Gasteiger charge is -2.40. The number of amides is 4. The summed E-state index contributed by atoms with van der Waals surface area (Å²) in [5, 5.41) is 8.74. The van der Waals surface area contributed by atoms with Gasteiger partial charge in [0.15, 0.2) is 0 Å². The van der Waals surface area contributed by atoms with Crippen molar-refractivity contribution in [1.82, 2.24) is 35.3 Å². The molecule has 0 spiro atoms. The first-order chi connectivity index (χ1) is 26.3. The minimum atomic E-state index is -4.97. The van der Waals surface area contributed by atoms with Crippen LogP contribution >= 0.6 is 11.6 Å². The molecule has 0 saturated carbocycles. The zero-order chi connectivity index (χ0) is 39.7. The molecule has 4 amide bonds. The molecule has 3 aliphatic heterocycles. The molecule has 3 fully saturated rings. The van der Waals surface area contributed by atoms with Crippen LogP contribution in [0.1, 0.15) is 58.3 Å². The zero-order valence-electron chi connectivity index (χ0n) is 31.6. The molecule has 0 aliphatic carbocycles. The number of H-pyrrole nitrogens is 1. The number of urea groups is 1. The number of halogens is 4. The highest BCUT2D eigenvalue weighted by Gasteiger charge is 2.37. The van der Waals surface area contributed by atoms with Gasteiger partial charge in [-0.3, -0.25) is 9.69 Å². The van der Waals surface area contributed by atoms with Crippen molar-refractivity contribution in [2.45, 2.75) is 64.9 Å². The number of hydrogen-bond acceptors (Lipinski definition) is 8. The van der Waals surface area contributed by atoms with Crippen molar-refractivity contribution in [2.24, 2.45) is 5.92 Å². The first kappa shape index (κ1) is 41.6. The lowest BCUT2D eigenvalue weighted by atomic mass is 10.0. The van der Waals surface area contributed by atoms with Gasteiger partial charge in [0.05, 0.1) is 13.2 Å². The van der Waals surface area contributed by atoms with Gasteiger partial charge in [-0.2, -0.15) is 0 Å². The van der Waals surface area contributed by atoms with E-state index in [1.165, 1.54) is 25.7 Å². The number of aromatic amines is 1. The summed E-state index contributed by atoms with van der Waals surface area (Å²) in [6.45, 7) is 11.0. The Hall–Kier alpha value is -4.54. The van der Waals surface area contributed by atoms with Crippen LogP contribution in [0.25, 0.3) is 22.4 Å². The molecule has 2 aromatic carbocycles. The molecule has 1 aromatic heterocycles. The number of alkyl halides is 3. The number of piperazine rings is 1. The van der Waals surface area contributed by atoms with Gasteiger partial charge in [-0.05, 0) is 56.0 Å². The van der Waals surface area contributed by atoms with Crippen LogP contribution < -0.4 is 20.7 Å². The number of anilines is 1. The molecule has 0 radical (unpaired) electrons. The number of ether oxygens (including phenoxy) is 2. The summed E-state index contributed by atoms with van der Waals surface area (Å²) in [5.74, 6) is -0.115. The maximum absolute atomic E-state index is 13.6. The summed E-state index contributed by atoms with van der Waals surface area (Å²) in [6.07, 6.45) is -1.66. The number of carbonyl (C=O) groups excluding carboxylic acids is 3. The monoisotopic (exact) mass is 790 g/mol. The Morgan fingerprint density at radius 3 is 2.29 bits per heavy atom. The fourth-order valence-electron chi connectivity index (χ4n) is 7.14. The molecule has 2 atom stereocenters. The number of likely N-dealkylation sites (tertiary alicyclic amines) is 1. The van der Waals surface area contributed by atoms with Gasteiger partial charge in [-0.1, -0.05) is 63.1 Å². The van der Waals surface area contributed by atoms with Gasteiger partial charge in [0.1, 0.15) is 29.0 Å². The number of methoxy groups -OCH3 is 1. The largest absolute Gasteiger partial charge is 0.573 e. The topological polar surface area (TPSA) is 144 Å². The fraction of sp³-hybridized carbons (Fsp3) is 0.526. The minimum absolute atomic E-state index is 0.168. The average molecular weight is 791 g/mol. The molecule has 55 heavy (non-hydrogen) atoms. The number of nitrogens with zero attached hydrogens (tertiary/aromatic N) is 4. The molecule has 300 valence electrons. The maximum atomic E-state index is 13.6. The summed E-state index contributed by atoms with van der Waals surface area (Å²) in [6, 6.07) is 10.5. The van der Waals surface area contributed by atoms with Crippen LogP contribution in [0.5, 0.6) is 5.75 Å². The summed E-state index contributed by atoms with van der Waals surface area (Å²) >= 11 is 6.57. The summed E-state index contributed by atoms with van der Waals surface area (Å²) in [7, 11) is 1.21. The van der Waals surface area contributed by atoms with Crippen LogP contribution in [0, 0.1) is 5.92 Å². The first-order valence-electron chi connectivity index (χ1n) is 18.7.